The number of fused-ring (bicyclic) bond motifs is 3. The Morgan fingerprint density at radius 2 is 1.21 bits per heavy atom. The number of halogens is 2. The predicted molar refractivity (Wildman–Crippen MR) is 305 cm³/mol. The molecule has 8 aromatic rings. The van der Waals surface area contributed by atoms with Gasteiger partial charge in [-0.2, -0.15) is 0 Å². The average molecular weight is 1200 g/mol. The van der Waals surface area contributed by atoms with Crippen LogP contribution in [0.25, 0.3) is 44.3 Å². The summed E-state index contributed by atoms with van der Waals surface area (Å²) in [6.45, 7) is 3.82. The molecule has 0 bridgehead atoms. The zero-order valence-corrected chi connectivity index (χ0v) is 48.3. The number of amidine groups is 1. The van der Waals surface area contributed by atoms with Crippen LogP contribution in [0.2, 0.25) is 5.15 Å². The lowest BCUT2D eigenvalue weighted by Crippen LogP contribution is -2.18. The number of aromatic nitrogens is 12. The monoisotopic (exact) mass is 1200 g/mol. The SMILES string of the molecule is CCC(N)=S.CO.COC(=O)C(=O)Cl.COCC1=NCC=N1.COCc1ncn(-c2ncc(OC)c3c(C(=O)C(=O)OC)c[nH]c23)n1.COCc1ncn(-c2ncc(OC)c3cc[nH]c23)n1.COc1cnc(Cl)c2[nH]ccc12.NNC=O. The van der Waals surface area contributed by atoms with E-state index in [1.54, 1.807) is 76.8 Å². The lowest BCUT2D eigenvalue weighted by molar-refractivity contribution is -0.148. The molecular weight excluding hydrogens is 1140 g/mol. The normalized spacial score (nSPS) is 10.5. The van der Waals surface area contributed by atoms with E-state index in [0.717, 1.165) is 73.4 Å². The summed E-state index contributed by atoms with van der Waals surface area (Å²) in [5.74, 6) is 6.38. The largest absolute Gasteiger partial charge is 0.494 e. The van der Waals surface area contributed by atoms with Gasteiger partial charge in [0.1, 0.15) is 55.6 Å². The number of ether oxygens (including phenoxy) is 8. The minimum atomic E-state index is -1.09. The smallest absolute Gasteiger partial charge is 0.391 e. The Labute approximate surface area is 483 Å². The molecule has 0 radical (unpaired) electrons. The number of Topliss-reactive ketones (excluding diaryl/α,β-unsaturated/α-hetero) is 1. The van der Waals surface area contributed by atoms with Crippen molar-refractivity contribution in [1.29, 1.82) is 0 Å². The number of thiocarbonyl (C=S) groups is 1. The van der Waals surface area contributed by atoms with E-state index < -0.39 is 23.0 Å². The molecule has 1 amide bonds. The van der Waals surface area contributed by atoms with E-state index in [9.17, 15) is 19.2 Å². The fourth-order valence-electron chi connectivity index (χ4n) is 6.14. The Balaban J connectivity index is 0.000000355. The van der Waals surface area contributed by atoms with Crippen LogP contribution in [0.1, 0.15) is 35.4 Å². The highest BCUT2D eigenvalue weighted by Crippen LogP contribution is 2.32. The van der Waals surface area contributed by atoms with Crippen molar-refractivity contribution in [3.63, 3.8) is 0 Å². The van der Waals surface area contributed by atoms with Gasteiger partial charge in [0.15, 0.2) is 28.4 Å². The van der Waals surface area contributed by atoms with Crippen LogP contribution in [0.3, 0.4) is 0 Å². The second-order valence-corrected chi connectivity index (χ2v) is 15.9. The highest BCUT2D eigenvalue weighted by Gasteiger charge is 2.25. The summed E-state index contributed by atoms with van der Waals surface area (Å²) in [7, 11) is 12.7. The zero-order chi connectivity index (χ0) is 61.1. The number of amides is 1. The summed E-state index contributed by atoms with van der Waals surface area (Å²) in [5, 5.41) is 17.3. The van der Waals surface area contributed by atoms with Crippen LogP contribution in [0.5, 0.6) is 17.2 Å². The summed E-state index contributed by atoms with van der Waals surface area (Å²) in [4.78, 5) is 90.7. The van der Waals surface area contributed by atoms with Gasteiger partial charge in [-0.1, -0.05) is 30.7 Å². The number of hydrogen-bond donors (Lipinski definition) is 7. The van der Waals surface area contributed by atoms with Crippen molar-refractivity contribution < 1.29 is 67.0 Å². The number of aliphatic hydroxyl groups is 1. The van der Waals surface area contributed by atoms with Gasteiger partial charge >= 0.3 is 17.2 Å². The van der Waals surface area contributed by atoms with Gasteiger partial charge in [0, 0.05) is 64.0 Å². The lowest BCUT2D eigenvalue weighted by Gasteiger charge is -2.07. The van der Waals surface area contributed by atoms with Crippen LogP contribution in [0.4, 0.5) is 0 Å². The molecule has 0 aliphatic carbocycles. The third-order valence-corrected chi connectivity index (χ3v) is 10.4. The van der Waals surface area contributed by atoms with Crippen molar-refractivity contribution in [2.75, 3.05) is 77.1 Å². The summed E-state index contributed by atoms with van der Waals surface area (Å²) >= 11 is 14.9. The number of hydrazine groups is 1. The average Bonchev–Trinajstić information content (AvgIpc) is 4.40. The van der Waals surface area contributed by atoms with Crippen molar-refractivity contribution in [3.8, 4) is 28.9 Å². The Hall–Kier alpha value is -8.89. The van der Waals surface area contributed by atoms with E-state index in [0.29, 0.717) is 69.7 Å². The van der Waals surface area contributed by atoms with E-state index in [1.165, 1.54) is 30.5 Å². The zero-order valence-electron chi connectivity index (χ0n) is 46.0. The van der Waals surface area contributed by atoms with Crippen LogP contribution < -0.4 is 31.2 Å². The van der Waals surface area contributed by atoms with Gasteiger partial charge in [0.05, 0.1) is 93.2 Å². The van der Waals surface area contributed by atoms with Crippen molar-refractivity contribution >= 4 is 115 Å². The molecule has 34 heteroatoms. The molecule has 9 N–H and O–H groups in total. The number of hydrogen-bond acceptors (Lipinski definition) is 25. The van der Waals surface area contributed by atoms with Gasteiger partial charge in [-0.25, -0.2) is 54.7 Å². The standard InChI is InChI=1S/C15H15N5O5.C12H13N5O2.C8H7ClN2O.C5H8N2O.C3H3ClO3.C3H7NS.CH4N2O.CH4O/c1-23-6-10-18-7-20(19-10)14-12-11(9(24-2)5-17-14)8(4-16-12)13(21)15(22)25-3;1-18-6-10-15-7-17(16-10)12-11-8(3-4-13-11)9(19-2)5-14-12;1-12-6-4-11-8(9)7-5(6)2-3-10-7;1-8-4-5-6-2-3-7-5;1-7-3(6)2(4)5;1-2-3(4)5;2-3-1-4;1-2/h4-5,7,16H,6H2,1-3H3;3-5,7,13H,6H2,1-2H3;2-4,10H,1H3;2H,3-4H2,1H3;1H3;2H2,1H3,(H2,4,5);1H,2H2,(H,3,4);2H,1H3. The molecule has 0 fully saturated rings. The molecule has 82 heavy (non-hydrogen) atoms. The molecule has 1 aliphatic heterocycles. The number of esters is 2. The van der Waals surface area contributed by atoms with Gasteiger partial charge in [-0.05, 0) is 30.2 Å². The summed E-state index contributed by atoms with van der Waals surface area (Å²) in [6, 6.07) is 3.84. The molecule has 0 aromatic carbocycles. The van der Waals surface area contributed by atoms with Crippen LogP contribution in [-0.4, -0.2) is 188 Å². The molecule has 8 aromatic heterocycles. The number of nitrogens with zero attached hydrogens (tertiary/aromatic N) is 11. The van der Waals surface area contributed by atoms with Crippen LogP contribution >= 0.6 is 35.4 Å². The van der Waals surface area contributed by atoms with E-state index >= 15 is 0 Å². The van der Waals surface area contributed by atoms with Gasteiger partial charge in [0.2, 0.25) is 6.41 Å². The molecule has 0 unspecified atom stereocenters. The number of aliphatic imine (C=N–C) groups is 2. The maximum atomic E-state index is 12.2. The van der Waals surface area contributed by atoms with Crippen molar-refractivity contribution in [2.45, 2.75) is 26.6 Å². The fraction of sp³-hybridized carbons (Fsp3) is 0.312. The number of aliphatic hydroxyl groups excluding tert-OH is 1. The van der Waals surface area contributed by atoms with Crippen LogP contribution in [0.15, 0.2) is 72.0 Å². The first-order valence-electron chi connectivity index (χ1n) is 23.1. The summed E-state index contributed by atoms with van der Waals surface area (Å²) in [5.41, 5.74) is 9.04. The first-order chi connectivity index (χ1) is 39.6. The Morgan fingerprint density at radius 3 is 1.63 bits per heavy atom. The molecule has 9 rings (SSSR count). The van der Waals surface area contributed by atoms with E-state index in [4.69, 9.17) is 55.7 Å². The number of carbonyl (C=O) groups excluding carboxylic acids is 5. The molecule has 0 saturated heterocycles. The number of carbonyl (C=O) groups is 5. The predicted octanol–water partition coefficient (Wildman–Crippen LogP) is 3.12. The number of nitrogens with one attached hydrogen (secondary N) is 4. The number of nitrogens with two attached hydrogens (primary N) is 2. The third kappa shape index (κ3) is 20.6. The molecule has 9 heterocycles. The van der Waals surface area contributed by atoms with Crippen LogP contribution in [0, 0.1) is 0 Å². The first kappa shape index (κ1) is 69.2. The molecule has 1 aliphatic rings. The Morgan fingerprint density at radius 1 is 0.732 bits per heavy atom. The second-order valence-electron chi connectivity index (χ2n) is 14.7. The van der Waals surface area contributed by atoms with Gasteiger partial charge in [-0.3, -0.25) is 24.8 Å². The number of pyridine rings is 3. The maximum absolute atomic E-state index is 12.2. The fourth-order valence-corrected chi connectivity index (χ4v) is 6.42. The summed E-state index contributed by atoms with van der Waals surface area (Å²) < 4.78 is 41.9. The molecule has 442 valence electrons. The highest BCUT2D eigenvalue weighted by atomic mass is 35.5. The van der Waals surface area contributed by atoms with Crippen molar-refractivity contribution in [2.24, 2.45) is 21.6 Å². The lowest BCUT2D eigenvalue weighted by atomic mass is 10.1. The quantitative estimate of drug-likeness (QED) is 0.00698. The minimum Gasteiger partial charge on any atom is -0.494 e. The second kappa shape index (κ2) is 37.9. The Kier molecular flexibility index (Phi) is 32.0. The summed E-state index contributed by atoms with van der Waals surface area (Å²) in [6.07, 6.45) is 15.9. The first-order valence-corrected chi connectivity index (χ1v) is 24.3. The molecule has 31 nitrogen and oxygen atoms in total. The number of rotatable bonds is 16. The van der Waals surface area contributed by atoms with Crippen molar-refractivity contribution in [3.05, 3.63) is 84.3 Å². The van der Waals surface area contributed by atoms with E-state index in [-0.39, 0.29) is 12.2 Å². The van der Waals surface area contributed by atoms with Gasteiger partial charge in [-0.15, -0.1) is 10.2 Å². The van der Waals surface area contributed by atoms with E-state index in [2.05, 4.69) is 99.2 Å². The number of ketones is 1. The highest BCUT2D eigenvalue weighted by molar-refractivity contribution is 7.80. The van der Waals surface area contributed by atoms with Crippen molar-refractivity contribution in [1.82, 2.24) is 64.9 Å². The topological polar surface area (TPSA) is 416 Å². The van der Waals surface area contributed by atoms with E-state index in [1.807, 2.05) is 25.3 Å². The maximum Gasteiger partial charge on any atom is 0.391 e. The molecule has 0 spiro atoms. The van der Waals surface area contributed by atoms with Crippen LogP contribution in [-0.2, 0) is 56.1 Å². The molecule has 0 atom stereocenters. The Bertz CT molecular complexity index is 3360. The van der Waals surface area contributed by atoms with Gasteiger partial charge in [0.25, 0.3) is 5.78 Å². The third-order valence-electron chi connectivity index (χ3n) is 9.67. The van der Waals surface area contributed by atoms with Gasteiger partial charge < -0.3 is 63.7 Å². The number of methoxy groups -OCH3 is 8. The number of H-pyrrole nitrogens is 3. The molecule has 0 saturated carbocycles. The number of aromatic amines is 3. The minimum absolute atomic E-state index is 0.125. The molecular formula is C48H61Cl2N17O14S.